The summed E-state index contributed by atoms with van der Waals surface area (Å²) in [6, 6.07) is 14.4. The molecule has 0 saturated carbocycles. The minimum absolute atomic E-state index is 0.0229. The molecule has 0 aromatic heterocycles. The van der Waals surface area contributed by atoms with E-state index in [9.17, 15) is 13.2 Å². The van der Waals surface area contributed by atoms with Gasteiger partial charge in [-0.3, -0.25) is 4.79 Å². The highest BCUT2D eigenvalue weighted by atomic mass is 35.5. The van der Waals surface area contributed by atoms with Crippen LogP contribution in [0.5, 0.6) is 0 Å². The Morgan fingerprint density at radius 2 is 1.73 bits per heavy atom. The van der Waals surface area contributed by atoms with Crippen LogP contribution in [0.3, 0.4) is 0 Å². The van der Waals surface area contributed by atoms with E-state index in [1.54, 1.807) is 24.3 Å². The van der Waals surface area contributed by atoms with E-state index in [-0.39, 0.29) is 23.8 Å². The lowest BCUT2D eigenvalue weighted by molar-refractivity contribution is -0.121. The first-order valence-corrected chi connectivity index (χ1v) is 10.9. The van der Waals surface area contributed by atoms with Crippen LogP contribution in [0, 0.1) is 0 Å². The number of benzene rings is 2. The van der Waals surface area contributed by atoms with Gasteiger partial charge in [-0.2, -0.15) is 0 Å². The molecule has 0 saturated heterocycles. The van der Waals surface area contributed by atoms with Gasteiger partial charge in [0.2, 0.25) is 5.91 Å². The zero-order valence-electron chi connectivity index (χ0n) is 14.3. The summed E-state index contributed by atoms with van der Waals surface area (Å²) in [6.07, 6.45) is 1.15. The van der Waals surface area contributed by atoms with E-state index in [0.29, 0.717) is 29.4 Å². The molecule has 0 heterocycles. The smallest absolute Gasteiger partial charge is 0.220 e. The topological polar surface area (TPSA) is 63.2 Å². The molecule has 0 aliphatic heterocycles. The summed E-state index contributed by atoms with van der Waals surface area (Å²) in [5, 5.41) is 3.68. The fraction of sp³-hybridized carbons (Fsp3) is 0.316. The first-order chi connectivity index (χ1) is 12.4. The average molecular weight is 414 g/mol. The van der Waals surface area contributed by atoms with Gasteiger partial charge in [-0.05, 0) is 30.0 Å². The number of carbonyl (C=O) groups excluding carboxylic acids is 1. The van der Waals surface area contributed by atoms with Crippen LogP contribution in [-0.2, 0) is 26.8 Å². The van der Waals surface area contributed by atoms with Crippen molar-refractivity contribution in [3.8, 4) is 0 Å². The third-order valence-electron chi connectivity index (χ3n) is 3.84. The summed E-state index contributed by atoms with van der Waals surface area (Å²) in [4.78, 5) is 11.9. The maximum Gasteiger partial charge on any atom is 0.220 e. The number of carbonyl (C=O) groups is 1. The van der Waals surface area contributed by atoms with Crippen molar-refractivity contribution < 1.29 is 13.2 Å². The fourth-order valence-corrected chi connectivity index (χ4v) is 4.34. The van der Waals surface area contributed by atoms with E-state index in [1.807, 2.05) is 24.3 Å². The van der Waals surface area contributed by atoms with Crippen molar-refractivity contribution in [1.82, 2.24) is 5.32 Å². The second-order valence-electron chi connectivity index (χ2n) is 5.99. The molecule has 0 aliphatic rings. The molecular weight excluding hydrogens is 393 g/mol. The summed E-state index contributed by atoms with van der Waals surface area (Å²) in [6.45, 7) is 0.329. The number of aryl methyl sites for hydroxylation is 1. The summed E-state index contributed by atoms with van der Waals surface area (Å²) in [7, 11) is -3.18. The molecule has 7 heteroatoms. The molecule has 2 rings (SSSR count). The Morgan fingerprint density at radius 1 is 1.00 bits per heavy atom. The van der Waals surface area contributed by atoms with E-state index < -0.39 is 9.84 Å². The monoisotopic (exact) mass is 413 g/mol. The van der Waals surface area contributed by atoms with Crippen LogP contribution >= 0.6 is 23.2 Å². The minimum atomic E-state index is -3.18. The lowest BCUT2D eigenvalue weighted by Gasteiger charge is -2.08. The largest absolute Gasteiger partial charge is 0.356 e. The van der Waals surface area contributed by atoms with Gasteiger partial charge in [0, 0.05) is 13.0 Å². The second-order valence-corrected chi connectivity index (χ2v) is 8.96. The quantitative estimate of drug-likeness (QED) is 0.630. The van der Waals surface area contributed by atoms with Crippen LogP contribution in [0.4, 0.5) is 0 Å². The summed E-state index contributed by atoms with van der Waals surface area (Å²) in [5.74, 6) is -0.0707. The Hall–Kier alpha value is -1.56. The van der Waals surface area contributed by atoms with Gasteiger partial charge < -0.3 is 5.32 Å². The van der Waals surface area contributed by atoms with Gasteiger partial charge in [-0.25, -0.2) is 8.42 Å². The molecule has 0 unspecified atom stereocenters. The third kappa shape index (κ3) is 6.98. The summed E-state index contributed by atoms with van der Waals surface area (Å²) >= 11 is 12.0. The number of amides is 1. The van der Waals surface area contributed by atoms with Crippen LogP contribution in [0.2, 0.25) is 10.0 Å². The van der Waals surface area contributed by atoms with Crippen LogP contribution < -0.4 is 5.32 Å². The standard InChI is InChI=1S/C19H21Cl2NO3S/c20-17-9-4-8-16(19(17)21)10-11-18(23)22-12-5-13-26(24,25)14-15-6-2-1-3-7-15/h1-4,6-9H,5,10-14H2,(H,22,23). The van der Waals surface area contributed by atoms with Crippen LogP contribution in [-0.4, -0.2) is 26.6 Å². The van der Waals surface area contributed by atoms with Crippen LogP contribution in [0.25, 0.3) is 0 Å². The SMILES string of the molecule is O=C(CCc1cccc(Cl)c1Cl)NCCCS(=O)(=O)Cc1ccccc1. The molecule has 2 aromatic rings. The zero-order chi connectivity index (χ0) is 19.0. The molecule has 0 fully saturated rings. The number of nitrogens with one attached hydrogen (secondary N) is 1. The van der Waals surface area contributed by atoms with Crippen molar-refractivity contribution in [2.24, 2.45) is 0 Å². The Balaban J connectivity index is 1.69. The zero-order valence-corrected chi connectivity index (χ0v) is 16.6. The number of hydrogen-bond donors (Lipinski definition) is 1. The number of halogens is 2. The van der Waals surface area contributed by atoms with Crippen molar-refractivity contribution in [3.05, 3.63) is 69.7 Å². The minimum Gasteiger partial charge on any atom is -0.356 e. The number of sulfone groups is 1. The van der Waals surface area contributed by atoms with Gasteiger partial charge >= 0.3 is 0 Å². The van der Waals surface area contributed by atoms with E-state index >= 15 is 0 Å². The molecule has 0 spiro atoms. The lowest BCUT2D eigenvalue weighted by atomic mass is 10.1. The molecule has 1 N–H and O–H groups in total. The van der Waals surface area contributed by atoms with Gasteiger partial charge in [0.1, 0.15) is 0 Å². The van der Waals surface area contributed by atoms with Crippen molar-refractivity contribution in [1.29, 1.82) is 0 Å². The highest BCUT2D eigenvalue weighted by Crippen LogP contribution is 2.26. The van der Waals surface area contributed by atoms with Gasteiger partial charge in [0.25, 0.3) is 0 Å². The maximum absolute atomic E-state index is 12.1. The van der Waals surface area contributed by atoms with E-state index in [1.165, 1.54) is 0 Å². The molecule has 4 nitrogen and oxygen atoms in total. The highest BCUT2D eigenvalue weighted by Gasteiger charge is 2.12. The molecule has 1 amide bonds. The molecule has 140 valence electrons. The summed E-state index contributed by atoms with van der Waals surface area (Å²) < 4.78 is 24.2. The normalized spacial score (nSPS) is 11.3. The van der Waals surface area contributed by atoms with Crippen molar-refractivity contribution >= 4 is 38.9 Å². The molecule has 0 atom stereocenters. The molecule has 2 aromatic carbocycles. The first-order valence-electron chi connectivity index (χ1n) is 8.31. The van der Waals surface area contributed by atoms with Gasteiger partial charge in [-0.15, -0.1) is 0 Å². The van der Waals surface area contributed by atoms with Gasteiger partial charge in [-0.1, -0.05) is 65.7 Å². The fourth-order valence-electron chi connectivity index (χ4n) is 2.50. The predicted molar refractivity (Wildman–Crippen MR) is 106 cm³/mol. The van der Waals surface area contributed by atoms with E-state index in [0.717, 1.165) is 11.1 Å². The second kappa shape index (κ2) is 9.95. The average Bonchev–Trinajstić information content (AvgIpc) is 2.60. The molecule has 0 radical (unpaired) electrons. The highest BCUT2D eigenvalue weighted by molar-refractivity contribution is 7.90. The van der Waals surface area contributed by atoms with Crippen molar-refractivity contribution in [3.63, 3.8) is 0 Å². The van der Waals surface area contributed by atoms with Crippen LogP contribution in [0.1, 0.15) is 24.0 Å². The van der Waals surface area contributed by atoms with Gasteiger partial charge in [0.05, 0.1) is 21.6 Å². The summed E-state index contributed by atoms with van der Waals surface area (Å²) in [5.41, 5.74) is 1.59. The van der Waals surface area contributed by atoms with Gasteiger partial charge in [0.15, 0.2) is 9.84 Å². The third-order valence-corrected chi connectivity index (χ3v) is 6.38. The molecule has 26 heavy (non-hydrogen) atoms. The Bertz CT molecular complexity index is 839. The lowest BCUT2D eigenvalue weighted by Crippen LogP contribution is -2.26. The Morgan fingerprint density at radius 3 is 2.46 bits per heavy atom. The Labute approximate surface area is 164 Å². The van der Waals surface area contributed by atoms with Crippen LogP contribution in [0.15, 0.2) is 48.5 Å². The Kier molecular flexibility index (Phi) is 7.94. The molecule has 0 bridgehead atoms. The number of rotatable bonds is 9. The van der Waals surface area contributed by atoms with E-state index in [4.69, 9.17) is 23.2 Å². The predicted octanol–water partition coefficient (Wildman–Crippen LogP) is 4.05. The first kappa shape index (κ1) is 20.7. The van der Waals surface area contributed by atoms with Crippen molar-refractivity contribution in [2.75, 3.05) is 12.3 Å². The molecule has 0 aliphatic carbocycles. The van der Waals surface area contributed by atoms with E-state index in [2.05, 4.69) is 5.32 Å². The van der Waals surface area contributed by atoms with Crippen molar-refractivity contribution in [2.45, 2.75) is 25.0 Å². The molecular formula is C19H21Cl2NO3S. The number of hydrogen-bond acceptors (Lipinski definition) is 3. The maximum atomic E-state index is 12.1.